The standard InChI is InChI=1S/C4H8NO2.Na/c1-4(6)7-3-2-5;/h1-3,5H2;. The van der Waals surface area contributed by atoms with Gasteiger partial charge in [0.1, 0.15) is 0 Å². The van der Waals surface area contributed by atoms with Crippen molar-refractivity contribution in [3.05, 3.63) is 0 Å². The second-order valence-corrected chi connectivity index (χ2v) is 2.07. The van der Waals surface area contributed by atoms with E-state index in [9.17, 15) is 4.79 Å². The Morgan fingerprint density at radius 3 is 2.75 bits per heavy atom. The van der Waals surface area contributed by atoms with Crippen LogP contribution in [0.2, 0.25) is 3.67 Å². The summed E-state index contributed by atoms with van der Waals surface area (Å²) in [4.78, 5) is 10.3. The van der Waals surface area contributed by atoms with Gasteiger partial charge >= 0.3 is 66.0 Å². The van der Waals surface area contributed by atoms with Gasteiger partial charge in [0, 0.05) is 0 Å². The van der Waals surface area contributed by atoms with Gasteiger partial charge in [-0.2, -0.15) is 0 Å². The van der Waals surface area contributed by atoms with Crippen LogP contribution in [-0.2, 0) is 9.53 Å². The zero-order valence-electron chi connectivity index (χ0n) is 5.02. The van der Waals surface area contributed by atoms with E-state index in [4.69, 9.17) is 5.73 Å². The molecule has 0 unspecified atom stereocenters. The Morgan fingerprint density at radius 2 is 2.38 bits per heavy atom. The van der Waals surface area contributed by atoms with Crippen molar-refractivity contribution in [3.63, 3.8) is 0 Å². The summed E-state index contributed by atoms with van der Waals surface area (Å²) < 4.78 is 5.18. The summed E-state index contributed by atoms with van der Waals surface area (Å²) in [7, 11) is 0. The van der Waals surface area contributed by atoms with E-state index >= 15 is 0 Å². The van der Waals surface area contributed by atoms with E-state index in [1.807, 2.05) is 0 Å². The zero-order chi connectivity index (χ0) is 6.41. The van der Waals surface area contributed by atoms with Crippen molar-refractivity contribution in [1.82, 2.24) is 0 Å². The number of hydrogen-bond acceptors (Lipinski definition) is 3. The molecule has 0 aliphatic heterocycles. The molecule has 0 aromatic carbocycles. The fourth-order valence-corrected chi connectivity index (χ4v) is 0.479. The Labute approximate surface area is 66.0 Å². The summed E-state index contributed by atoms with van der Waals surface area (Å²) in [5, 5.41) is 0. The first-order chi connectivity index (χ1) is 3.81. The van der Waals surface area contributed by atoms with Gasteiger partial charge < -0.3 is 0 Å². The molecule has 0 aliphatic rings. The molecule has 0 aliphatic carbocycles. The summed E-state index contributed by atoms with van der Waals surface area (Å²) in [6, 6.07) is 0. The molecule has 0 radical (unpaired) electrons. The fraction of sp³-hybridized carbons (Fsp3) is 0.750. The molecule has 0 fully saturated rings. The number of rotatable bonds is 3. The van der Waals surface area contributed by atoms with Crippen molar-refractivity contribution in [3.8, 4) is 0 Å². The molecule has 0 saturated heterocycles. The molecule has 8 heavy (non-hydrogen) atoms. The summed E-state index contributed by atoms with van der Waals surface area (Å²) in [5.74, 6) is -0.123. The second kappa shape index (κ2) is 5.56. The quantitative estimate of drug-likeness (QED) is 0.392. The van der Waals surface area contributed by atoms with E-state index in [0.717, 1.165) is 27.9 Å². The predicted molar refractivity (Wildman–Crippen MR) is 30.6 cm³/mol. The van der Waals surface area contributed by atoms with Crippen LogP contribution >= 0.6 is 0 Å². The van der Waals surface area contributed by atoms with Gasteiger partial charge in [0.05, 0.1) is 0 Å². The molecule has 4 heteroatoms. The summed E-state index contributed by atoms with van der Waals surface area (Å²) >= 11 is 0.874. The summed E-state index contributed by atoms with van der Waals surface area (Å²) in [5.41, 5.74) is 5.07. The van der Waals surface area contributed by atoms with Crippen molar-refractivity contribution < 1.29 is 9.53 Å². The molecular formula is C4H8NNaO2. The van der Waals surface area contributed by atoms with E-state index in [-0.39, 0.29) is 5.97 Å². The first-order valence-electron chi connectivity index (χ1n) is 2.67. The maximum absolute atomic E-state index is 10.3. The van der Waals surface area contributed by atoms with Gasteiger partial charge in [0.15, 0.2) is 0 Å². The summed E-state index contributed by atoms with van der Waals surface area (Å²) in [6.07, 6.45) is 0. The van der Waals surface area contributed by atoms with Crippen LogP contribution in [0.4, 0.5) is 0 Å². The number of esters is 1. The molecule has 0 amide bonds. The van der Waals surface area contributed by atoms with Crippen LogP contribution in [0.25, 0.3) is 0 Å². The Hall–Kier alpha value is 0.430. The van der Waals surface area contributed by atoms with Crippen molar-refractivity contribution in [2.45, 2.75) is 3.67 Å². The fourth-order valence-electron chi connectivity index (χ4n) is 0.275. The molecule has 0 saturated carbocycles. The number of ether oxygens (including phenoxy) is 1. The molecule has 42 valence electrons. The van der Waals surface area contributed by atoms with Gasteiger partial charge in [-0.15, -0.1) is 0 Å². The number of hydrogen-bond donors (Lipinski definition) is 1. The van der Waals surface area contributed by atoms with E-state index in [0.29, 0.717) is 16.8 Å². The zero-order valence-corrected chi connectivity index (χ0v) is 7.02. The van der Waals surface area contributed by atoms with Gasteiger partial charge in [-0.25, -0.2) is 0 Å². The van der Waals surface area contributed by atoms with Crippen molar-refractivity contribution in [2.75, 3.05) is 13.2 Å². The minimum absolute atomic E-state index is 0.123. The molecule has 0 aromatic rings. The van der Waals surface area contributed by atoms with E-state index < -0.39 is 0 Å². The van der Waals surface area contributed by atoms with Crippen molar-refractivity contribution in [1.29, 1.82) is 0 Å². The Morgan fingerprint density at radius 1 is 1.75 bits per heavy atom. The Bertz CT molecular complexity index is 76.4. The van der Waals surface area contributed by atoms with Crippen LogP contribution in [0.15, 0.2) is 0 Å². The molecule has 0 spiro atoms. The normalized spacial score (nSPS) is 8.88. The van der Waals surface area contributed by atoms with Gasteiger partial charge in [-0.3, -0.25) is 0 Å². The van der Waals surface area contributed by atoms with Crippen LogP contribution in [0.1, 0.15) is 0 Å². The number of nitrogens with two attached hydrogens (primary N) is 1. The Balaban J connectivity index is 2.99. The molecule has 0 heterocycles. The molecule has 0 rings (SSSR count). The van der Waals surface area contributed by atoms with Crippen LogP contribution in [0, 0.1) is 0 Å². The minimum atomic E-state index is -0.123. The van der Waals surface area contributed by atoms with E-state index in [1.165, 1.54) is 0 Å². The third kappa shape index (κ3) is 4.59. The van der Waals surface area contributed by atoms with Gasteiger partial charge in [0.2, 0.25) is 0 Å². The average Bonchev–Trinajstić information content (AvgIpc) is 1.83. The third-order valence-corrected chi connectivity index (χ3v) is 1.25. The van der Waals surface area contributed by atoms with E-state index in [1.54, 1.807) is 0 Å². The monoisotopic (exact) mass is 125 g/mol. The molecule has 0 atom stereocenters. The number of carbonyl (C=O) groups excluding carboxylic acids is 1. The topological polar surface area (TPSA) is 52.3 Å². The van der Waals surface area contributed by atoms with Gasteiger partial charge in [-0.05, 0) is 0 Å². The molecule has 0 aromatic heterocycles. The van der Waals surface area contributed by atoms with Crippen molar-refractivity contribution in [2.24, 2.45) is 5.73 Å². The Kier molecular flexibility index (Phi) is 5.86. The van der Waals surface area contributed by atoms with Crippen LogP contribution in [0.5, 0.6) is 0 Å². The number of carbonyl (C=O) groups is 1. The first kappa shape index (κ1) is 8.43. The molecular weight excluding hydrogens is 117 g/mol. The predicted octanol–water partition coefficient (Wildman–Crippen LogP) is -0.925. The maximum atomic E-state index is 10.3. The molecule has 3 nitrogen and oxygen atoms in total. The molecule has 2 N–H and O–H groups in total. The third-order valence-electron chi connectivity index (χ3n) is 0.670. The first-order valence-corrected chi connectivity index (χ1v) is 4.08. The van der Waals surface area contributed by atoms with Crippen LogP contribution in [-0.4, -0.2) is 47.1 Å². The van der Waals surface area contributed by atoms with Crippen LogP contribution < -0.4 is 5.73 Å². The molecule has 0 bridgehead atoms. The summed E-state index contributed by atoms with van der Waals surface area (Å²) in [6.45, 7) is 0.786. The SMILES string of the molecule is NCCOC(=O)[CH2][Na]. The second-order valence-electron chi connectivity index (χ2n) is 1.36. The van der Waals surface area contributed by atoms with Crippen LogP contribution in [0.3, 0.4) is 0 Å². The average molecular weight is 125 g/mol. The van der Waals surface area contributed by atoms with E-state index in [2.05, 4.69) is 4.74 Å². The van der Waals surface area contributed by atoms with Crippen molar-refractivity contribution >= 4 is 33.9 Å². The van der Waals surface area contributed by atoms with Gasteiger partial charge in [0.25, 0.3) is 0 Å². The van der Waals surface area contributed by atoms with Gasteiger partial charge in [-0.1, -0.05) is 0 Å².